The number of carboxylic acid groups (broad SMARTS) is 1. The molecule has 2 aliphatic heterocycles. The number of rotatable bonds is 3. The summed E-state index contributed by atoms with van der Waals surface area (Å²) in [6.45, 7) is 0.326. The monoisotopic (exact) mass is 416 g/mol. The Morgan fingerprint density at radius 1 is 1.31 bits per heavy atom. The van der Waals surface area contributed by atoms with Crippen LogP contribution >= 0.6 is 11.3 Å². The van der Waals surface area contributed by atoms with Crippen LogP contribution in [0.2, 0.25) is 0 Å². The molecule has 0 saturated carbocycles. The van der Waals surface area contributed by atoms with Crippen molar-refractivity contribution in [2.45, 2.75) is 18.7 Å². The van der Waals surface area contributed by atoms with Gasteiger partial charge in [0.15, 0.2) is 17.7 Å². The van der Waals surface area contributed by atoms with E-state index in [9.17, 15) is 19.8 Å². The van der Waals surface area contributed by atoms with Crippen LogP contribution in [0.25, 0.3) is 5.57 Å². The number of amides is 2. The molecule has 2 N–H and O–H groups in total. The van der Waals surface area contributed by atoms with Crippen molar-refractivity contribution in [2.24, 2.45) is 0 Å². The molecule has 2 aromatic rings. The smallest absolute Gasteiger partial charge is 0.414 e. The molecule has 2 aliphatic rings. The van der Waals surface area contributed by atoms with Gasteiger partial charge in [0.2, 0.25) is 0 Å². The van der Waals surface area contributed by atoms with E-state index in [-0.39, 0.29) is 28.7 Å². The van der Waals surface area contributed by atoms with Crippen molar-refractivity contribution in [3.8, 4) is 11.5 Å². The zero-order valence-corrected chi connectivity index (χ0v) is 16.7. The quantitative estimate of drug-likeness (QED) is 0.797. The number of phenolic OH excluding ortho intramolecular Hbond substituents is 1. The predicted octanol–water partition coefficient (Wildman–Crippen LogP) is 3.23. The zero-order chi connectivity index (χ0) is 20.7. The summed E-state index contributed by atoms with van der Waals surface area (Å²) >= 11 is 1.59. The van der Waals surface area contributed by atoms with Gasteiger partial charge in [-0.1, -0.05) is 12.1 Å². The molecule has 4 rings (SSSR count). The van der Waals surface area contributed by atoms with Gasteiger partial charge in [-0.3, -0.25) is 4.79 Å². The van der Waals surface area contributed by atoms with E-state index >= 15 is 0 Å². The first-order valence-electron chi connectivity index (χ1n) is 8.96. The van der Waals surface area contributed by atoms with E-state index in [0.29, 0.717) is 13.0 Å². The molecular formula is C20H20N2O6S. The lowest BCUT2D eigenvalue weighted by molar-refractivity contribution is 0.0192. The minimum atomic E-state index is -1.27. The third-order valence-electron chi connectivity index (χ3n) is 5.28. The van der Waals surface area contributed by atoms with Crippen molar-refractivity contribution in [1.29, 1.82) is 0 Å². The number of ether oxygens (including phenoxy) is 2. The largest absolute Gasteiger partial charge is 0.504 e. The molecule has 1 aromatic carbocycles. The zero-order valence-electron chi connectivity index (χ0n) is 15.9. The van der Waals surface area contributed by atoms with Crippen molar-refractivity contribution in [1.82, 2.24) is 4.90 Å². The highest BCUT2D eigenvalue weighted by Crippen LogP contribution is 2.42. The summed E-state index contributed by atoms with van der Waals surface area (Å²) in [5.74, 6) is -0.491. The highest BCUT2D eigenvalue weighted by molar-refractivity contribution is 7.11. The van der Waals surface area contributed by atoms with Crippen LogP contribution in [0.5, 0.6) is 11.5 Å². The highest BCUT2D eigenvalue weighted by Gasteiger charge is 2.45. The lowest BCUT2D eigenvalue weighted by Gasteiger charge is -2.39. The van der Waals surface area contributed by atoms with Crippen LogP contribution in [0.3, 0.4) is 0 Å². The number of methoxy groups -OCH3 is 2. The first-order valence-corrected chi connectivity index (χ1v) is 9.84. The molecule has 0 saturated heterocycles. The normalized spacial score (nSPS) is 21.2. The van der Waals surface area contributed by atoms with Gasteiger partial charge in [-0.05, 0) is 29.5 Å². The average molecular weight is 416 g/mol. The SMILES string of the molecule is COc1cc2c(cc1O)N(C(=O)O)C(OC)[C@@H]1CC(c3cccs3)=CCN1C2=O. The summed E-state index contributed by atoms with van der Waals surface area (Å²) in [5.41, 5.74) is 1.26. The lowest BCUT2D eigenvalue weighted by atomic mass is 9.97. The Morgan fingerprint density at radius 3 is 2.72 bits per heavy atom. The number of benzene rings is 1. The number of thiophene rings is 1. The van der Waals surface area contributed by atoms with Gasteiger partial charge in [-0.2, -0.15) is 0 Å². The van der Waals surface area contributed by atoms with Gasteiger partial charge in [0, 0.05) is 24.6 Å². The summed E-state index contributed by atoms with van der Waals surface area (Å²) in [4.78, 5) is 29.2. The minimum absolute atomic E-state index is 0.0692. The first-order chi connectivity index (χ1) is 14.0. The minimum Gasteiger partial charge on any atom is -0.504 e. The van der Waals surface area contributed by atoms with Gasteiger partial charge in [-0.25, -0.2) is 9.69 Å². The van der Waals surface area contributed by atoms with E-state index in [1.165, 1.54) is 26.4 Å². The third-order valence-corrected chi connectivity index (χ3v) is 6.23. The number of hydrogen-bond acceptors (Lipinski definition) is 6. The Kier molecular flexibility index (Phi) is 4.93. The standard InChI is InChI=1S/C20H20N2O6S/c1-27-16-9-12-13(10-15(16)23)22(20(25)26)19(28-2)14-8-11(17-4-3-7-29-17)5-6-21(14)18(12)24/h3-5,7,9-10,14,19,23H,6,8H2,1-2H3,(H,25,26)/t14-,19?/m0/s1. The first kappa shape index (κ1) is 19.3. The number of phenols is 1. The van der Waals surface area contributed by atoms with Crippen LogP contribution in [-0.4, -0.2) is 60.1 Å². The molecule has 0 spiro atoms. The predicted molar refractivity (Wildman–Crippen MR) is 108 cm³/mol. The van der Waals surface area contributed by atoms with Gasteiger partial charge in [-0.15, -0.1) is 11.3 Å². The summed E-state index contributed by atoms with van der Waals surface area (Å²) < 4.78 is 10.7. The molecule has 0 aliphatic carbocycles. The molecule has 0 fully saturated rings. The molecule has 9 heteroatoms. The van der Waals surface area contributed by atoms with Crippen LogP contribution in [-0.2, 0) is 4.74 Å². The van der Waals surface area contributed by atoms with Gasteiger partial charge in [0.05, 0.1) is 24.4 Å². The van der Waals surface area contributed by atoms with E-state index in [2.05, 4.69) is 0 Å². The van der Waals surface area contributed by atoms with Crippen molar-refractivity contribution in [3.63, 3.8) is 0 Å². The van der Waals surface area contributed by atoms with Crippen molar-refractivity contribution >= 4 is 34.6 Å². The number of carbonyl (C=O) groups excluding carboxylic acids is 1. The second kappa shape index (κ2) is 7.41. The summed E-state index contributed by atoms with van der Waals surface area (Å²) in [6.07, 6.45) is 0.227. The maximum Gasteiger partial charge on any atom is 0.414 e. The highest BCUT2D eigenvalue weighted by atomic mass is 32.1. The molecule has 3 heterocycles. The fourth-order valence-electron chi connectivity index (χ4n) is 3.94. The van der Waals surface area contributed by atoms with E-state index in [0.717, 1.165) is 15.4 Å². The van der Waals surface area contributed by atoms with Gasteiger partial charge in [0.25, 0.3) is 5.91 Å². The Morgan fingerprint density at radius 2 is 2.10 bits per heavy atom. The molecule has 2 amide bonds. The Balaban J connectivity index is 1.86. The number of fused-ring (bicyclic) bond motifs is 2. The number of nitrogens with zero attached hydrogens (tertiary/aromatic N) is 2. The fourth-order valence-corrected chi connectivity index (χ4v) is 4.72. The molecule has 2 atom stereocenters. The maximum absolute atomic E-state index is 13.4. The Bertz CT molecular complexity index is 987. The summed E-state index contributed by atoms with van der Waals surface area (Å²) in [5, 5.41) is 22.1. The topological polar surface area (TPSA) is 99.5 Å². The number of carbonyl (C=O) groups is 2. The second-order valence-corrected chi connectivity index (χ2v) is 7.70. The molecule has 0 radical (unpaired) electrons. The van der Waals surface area contributed by atoms with Crippen molar-refractivity contribution in [2.75, 3.05) is 25.7 Å². The molecule has 152 valence electrons. The van der Waals surface area contributed by atoms with E-state index in [4.69, 9.17) is 9.47 Å². The summed E-state index contributed by atoms with van der Waals surface area (Å²) in [6, 6.07) is 6.04. The molecule has 1 unspecified atom stereocenters. The fraction of sp³-hybridized carbons (Fsp3) is 0.300. The average Bonchev–Trinajstić information content (AvgIpc) is 3.22. The van der Waals surface area contributed by atoms with E-state index in [1.54, 1.807) is 16.2 Å². The van der Waals surface area contributed by atoms with Crippen molar-refractivity contribution < 1.29 is 29.3 Å². The molecule has 29 heavy (non-hydrogen) atoms. The third kappa shape index (κ3) is 3.12. The van der Waals surface area contributed by atoms with Crippen LogP contribution in [0.1, 0.15) is 21.7 Å². The molecule has 8 nitrogen and oxygen atoms in total. The Labute approximate surface area is 171 Å². The molecule has 0 bridgehead atoms. The number of hydrogen-bond donors (Lipinski definition) is 2. The van der Waals surface area contributed by atoms with Crippen LogP contribution < -0.4 is 9.64 Å². The second-order valence-electron chi connectivity index (χ2n) is 6.76. The van der Waals surface area contributed by atoms with Crippen molar-refractivity contribution in [3.05, 3.63) is 46.2 Å². The number of aromatic hydroxyl groups is 1. The van der Waals surface area contributed by atoms with E-state index < -0.39 is 18.4 Å². The van der Waals surface area contributed by atoms with Gasteiger partial charge >= 0.3 is 6.09 Å². The van der Waals surface area contributed by atoms with E-state index in [1.807, 2.05) is 23.6 Å². The van der Waals surface area contributed by atoms with Gasteiger partial charge in [0.1, 0.15) is 0 Å². The van der Waals surface area contributed by atoms with Gasteiger partial charge < -0.3 is 24.6 Å². The lowest BCUT2D eigenvalue weighted by Crippen LogP contribution is -2.55. The van der Waals surface area contributed by atoms with Crippen LogP contribution in [0.4, 0.5) is 10.5 Å². The van der Waals surface area contributed by atoms with Crippen LogP contribution in [0, 0.1) is 0 Å². The number of anilines is 1. The Hall–Kier alpha value is -3.04. The molecular weight excluding hydrogens is 396 g/mol. The van der Waals surface area contributed by atoms with Crippen LogP contribution in [0.15, 0.2) is 35.7 Å². The summed E-state index contributed by atoms with van der Waals surface area (Å²) in [7, 11) is 2.79. The maximum atomic E-state index is 13.4. The molecule has 1 aromatic heterocycles.